The van der Waals surface area contributed by atoms with Crippen molar-refractivity contribution in [1.29, 1.82) is 0 Å². The monoisotopic (exact) mass is 176 g/mol. The third kappa shape index (κ3) is 4.64. The summed E-state index contributed by atoms with van der Waals surface area (Å²) in [4.78, 5) is 20.7. The molecular weight excluding hydrogens is 164 g/mol. The SMILES string of the molecule is CNCC(=O)NC[C@H](O)C(=O)O. The van der Waals surface area contributed by atoms with Crippen LogP contribution in [0.3, 0.4) is 0 Å². The van der Waals surface area contributed by atoms with E-state index in [-0.39, 0.29) is 19.0 Å². The normalized spacial score (nSPS) is 12.2. The number of carbonyl (C=O) groups excluding carboxylic acids is 1. The summed E-state index contributed by atoms with van der Waals surface area (Å²) in [6.45, 7) is -0.164. The van der Waals surface area contributed by atoms with Gasteiger partial charge in [0.1, 0.15) is 0 Å². The van der Waals surface area contributed by atoms with Crippen LogP contribution in [0.15, 0.2) is 0 Å². The van der Waals surface area contributed by atoms with Gasteiger partial charge in [0.2, 0.25) is 5.91 Å². The van der Waals surface area contributed by atoms with Gasteiger partial charge in [0.25, 0.3) is 0 Å². The summed E-state index contributed by atoms with van der Waals surface area (Å²) in [6, 6.07) is 0. The topological polar surface area (TPSA) is 98.7 Å². The van der Waals surface area contributed by atoms with Crippen molar-refractivity contribution in [2.75, 3.05) is 20.1 Å². The molecule has 12 heavy (non-hydrogen) atoms. The zero-order chi connectivity index (χ0) is 9.56. The van der Waals surface area contributed by atoms with Crippen LogP contribution in [0.25, 0.3) is 0 Å². The zero-order valence-corrected chi connectivity index (χ0v) is 6.70. The highest BCUT2D eigenvalue weighted by atomic mass is 16.4. The largest absolute Gasteiger partial charge is 0.479 e. The molecule has 0 heterocycles. The van der Waals surface area contributed by atoms with Crippen LogP contribution in [0.4, 0.5) is 0 Å². The summed E-state index contributed by atoms with van der Waals surface area (Å²) >= 11 is 0. The Morgan fingerprint density at radius 1 is 1.50 bits per heavy atom. The van der Waals surface area contributed by atoms with Crippen LogP contribution in [0, 0.1) is 0 Å². The average Bonchev–Trinajstić information content (AvgIpc) is 2.00. The minimum absolute atomic E-state index is 0.104. The maximum absolute atomic E-state index is 10.7. The molecule has 0 aliphatic heterocycles. The Kier molecular flexibility index (Phi) is 4.98. The van der Waals surface area contributed by atoms with Gasteiger partial charge in [-0.25, -0.2) is 4.79 Å². The van der Waals surface area contributed by atoms with Crippen molar-refractivity contribution in [2.45, 2.75) is 6.10 Å². The molecule has 0 aromatic rings. The second-order valence-corrected chi connectivity index (χ2v) is 2.19. The molecule has 0 saturated carbocycles. The van der Waals surface area contributed by atoms with Crippen molar-refractivity contribution in [3.8, 4) is 0 Å². The standard InChI is InChI=1S/C6H12N2O4/c1-7-3-5(10)8-2-4(9)6(11)12/h4,7,9H,2-3H2,1H3,(H,8,10)(H,11,12)/t4-/m0/s1. The predicted molar refractivity (Wildman–Crippen MR) is 40.6 cm³/mol. The Balaban J connectivity index is 3.54. The molecule has 0 fully saturated rings. The fourth-order valence-electron chi connectivity index (χ4n) is 0.521. The lowest BCUT2D eigenvalue weighted by Crippen LogP contribution is -2.39. The smallest absolute Gasteiger partial charge is 0.334 e. The van der Waals surface area contributed by atoms with E-state index in [1.807, 2.05) is 0 Å². The summed E-state index contributed by atoms with van der Waals surface area (Å²) in [7, 11) is 1.59. The number of rotatable bonds is 5. The number of likely N-dealkylation sites (N-methyl/N-ethyl adjacent to an activating group) is 1. The second-order valence-electron chi connectivity index (χ2n) is 2.19. The van der Waals surface area contributed by atoms with Gasteiger partial charge in [-0.05, 0) is 7.05 Å². The molecule has 0 rings (SSSR count). The maximum Gasteiger partial charge on any atom is 0.334 e. The quantitative estimate of drug-likeness (QED) is 0.380. The molecule has 0 unspecified atom stereocenters. The molecule has 4 N–H and O–H groups in total. The highest BCUT2D eigenvalue weighted by Crippen LogP contribution is 1.78. The van der Waals surface area contributed by atoms with Crippen molar-refractivity contribution in [2.24, 2.45) is 0 Å². The number of aliphatic hydroxyl groups is 1. The van der Waals surface area contributed by atoms with Crippen LogP contribution in [0.1, 0.15) is 0 Å². The summed E-state index contributed by atoms with van der Waals surface area (Å²) in [5, 5.41) is 21.7. The molecule has 0 aliphatic carbocycles. The Bertz CT molecular complexity index is 171. The Morgan fingerprint density at radius 3 is 2.50 bits per heavy atom. The van der Waals surface area contributed by atoms with Gasteiger partial charge in [-0.1, -0.05) is 0 Å². The summed E-state index contributed by atoms with van der Waals surface area (Å²) in [6.07, 6.45) is -1.54. The summed E-state index contributed by atoms with van der Waals surface area (Å²) < 4.78 is 0. The third-order valence-electron chi connectivity index (χ3n) is 1.11. The number of carbonyl (C=O) groups is 2. The van der Waals surface area contributed by atoms with E-state index in [4.69, 9.17) is 10.2 Å². The molecular formula is C6H12N2O4. The van der Waals surface area contributed by atoms with E-state index >= 15 is 0 Å². The van der Waals surface area contributed by atoms with Crippen molar-refractivity contribution in [1.82, 2.24) is 10.6 Å². The number of hydrogen-bond acceptors (Lipinski definition) is 4. The van der Waals surface area contributed by atoms with E-state index in [1.54, 1.807) is 7.05 Å². The Hall–Kier alpha value is -1.14. The second kappa shape index (κ2) is 5.50. The van der Waals surface area contributed by atoms with Gasteiger partial charge in [0.05, 0.1) is 13.1 Å². The fourth-order valence-corrected chi connectivity index (χ4v) is 0.521. The molecule has 0 spiro atoms. The first-order chi connectivity index (χ1) is 5.57. The van der Waals surface area contributed by atoms with Crippen LogP contribution in [-0.4, -0.2) is 48.3 Å². The molecule has 0 aliphatic rings. The number of aliphatic hydroxyl groups excluding tert-OH is 1. The third-order valence-corrected chi connectivity index (χ3v) is 1.11. The molecule has 6 nitrogen and oxygen atoms in total. The lowest BCUT2D eigenvalue weighted by atomic mass is 10.3. The minimum atomic E-state index is -1.54. The minimum Gasteiger partial charge on any atom is -0.479 e. The van der Waals surface area contributed by atoms with E-state index in [0.717, 1.165) is 0 Å². The number of hydrogen-bond donors (Lipinski definition) is 4. The highest BCUT2D eigenvalue weighted by Gasteiger charge is 2.13. The Labute approximate surface area is 69.6 Å². The predicted octanol–water partition coefficient (Wildman–Crippen LogP) is -2.23. The summed E-state index contributed by atoms with van der Waals surface area (Å²) in [5.41, 5.74) is 0. The molecule has 0 saturated heterocycles. The molecule has 0 bridgehead atoms. The van der Waals surface area contributed by atoms with Crippen molar-refractivity contribution in [3.63, 3.8) is 0 Å². The highest BCUT2D eigenvalue weighted by molar-refractivity contribution is 5.79. The van der Waals surface area contributed by atoms with E-state index in [2.05, 4.69) is 10.6 Å². The first-order valence-corrected chi connectivity index (χ1v) is 3.40. The molecule has 1 amide bonds. The number of amides is 1. The molecule has 0 aromatic carbocycles. The number of nitrogens with one attached hydrogen (secondary N) is 2. The van der Waals surface area contributed by atoms with E-state index in [9.17, 15) is 9.59 Å². The number of aliphatic carboxylic acids is 1. The Morgan fingerprint density at radius 2 is 2.08 bits per heavy atom. The van der Waals surface area contributed by atoms with Gasteiger partial charge in [-0.15, -0.1) is 0 Å². The van der Waals surface area contributed by atoms with Gasteiger partial charge in [-0.2, -0.15) is 0 Å². The van der Waals surface area contributed by atoms with Gasteiger partial charge >= 0.3 is 5.97 Å². The van der Waals surface area contributed by atoms with E-state index < -0.39 is 12.1 Å². The number of carboxylic acids is 1. The van der Waals surface area contributed by atoms with Crippen LogP contribution in [-0.2, 0) is 9.59 Å². The molecule has 1 atom stereocenters. The van der Waals surface area contributed by atoms with Gasteiger partial charge in [-0.3, -0.25) is 4.79 Å². The lowest BCUT2D eigenvalue weighted by Gasteiger charge is -2.06. The van der Waals surface area contributed by atoms with Crippen LogP contribution < -0.4 is 10.6 Å². The van der Waals surface area contributed by atoms with Gasteiger partial charge in [0, 0.05) is 0 Å². The lowest BCUT2D eigenvalue weighted by molar-refractivity contribution is -0.146. The average molecular weight is 176 g/mol. The molecule has 6 heteroatoms. The number of carboxylic acid groups (broad SMARTS) is 1. The first-order valence-electron chi connectivity index (χ1n) is 3.40. The zero-order valence-electron chi connectivity index (χ0n) is 6.70. The van der Waals surface area contributed by atoms with Crippen molar-refractivity contribution >= 4 is 11.9 Å². The maximum atomic E-state index is 10.7. The van der Waals surface area contributed by atoms with Crippen LogP contribution in [0.2, 0.25) is 0 Å². The van der Waals surface area contributed by atoms with Gasteiger partial charge in [0.15, 0.2) is 6.10 Å². The van der Waals surface area contributed by atoms with Crippen LogP contribution >= 0.6 is 0 Å². The van der Waals surface area contributed by atoms with E-state index in [0.29, 0.717) is 0 Å². The van der Waals surface area contributed by atoms with Crippen molar-refractivity contribution < 1.29 is 19.8 Å². The summed E-state index contributed by atoms with van der Waals surface area (Å²) in [5.74, 6) is -1.70. The molecule has 0 aromatic heterocycles. The van der Waals surface area contributed by atoms with E-state index in [1.165, 1.54) is 0 Å². The molecule has 70 valence electrons. The van der Waals surface area contributed by atoms with Crippen molar-refractivity contribution in [3.05, 3.63) is 0 Å². The molecule has 0 radical (unpaired) electrons. The fraction of sp³-hybridized carbons (Fsp3) is 0.667. The van der Waals surface area contributed by atoms with Gasteiger partial charge < -0.3 is 20.8 Å². The first kappa shape index (κ1) is 10.9. The van der Waals surface area contributed by atoms with Crippen LogP contribution in [0.5, 0.6) is 0 Å².